The van der Waals surface area contributed by atoms with Crippen molar-refractivity contribution in [2.45, 2.75) is 40.0 Å². The third-order valence-electron chi connectivity index (χ3n) is 2.21. The maximum atomic E-state index is 4.38. The van der Waals surface area contributed by atoms with Gasteiger partial charge in [0.25, 0.3) is 0 Å². The van der Waals surface area contributed by atoms with Crippen LogP contribution in [0.25, 0.3) is 0 Å². The third-order valence-corrected chi connectivity index (χ3v) is 2.21. The number of aromatic nitrogens is 1. The molecule has 0 aliphatic rings. The summed E-state index contributed by atoms with van der Waals surface area (Å²) in [6.07, 6.45) is 5.34. The maximum Gasteiger partial charge on any atom is 0.0435 e. The number of pyridine rings is 1. The highest BCUT2D eigenvalue weighted by Gasteiger charge is 2.03. The SMILES string of the molecule is CCCc1c(C)ccnc1CC. The first-order valence-electron chi connectivity index (χ1n) is 4.73. The Morgan fingerprint density at radius 1 is 1.33 bits per heavy atom. The number of hydrogen-bond donors (Lipinski definition) is 0. The van der Waals surface area contributed by atoms with Crippen LogP contribution in [-0.2, 0) is 12.8 Å². The molecule has 66 valence electrons. The average molecular weight is 163 g/mol. The second-order valence-electron chi connectivity index (χ2n) is 3.16. The van der Waals surface area contributed by atoms with Gasteiger partial charge >= 0.3 is 0 Å². The second-order valence-corrected chi connectivity index (χ2v) is 3.16. The van der Waals surface area contributed by atoms with Crippen LogP contribution in [0.3, 0.4) is 0 Å². The molecule has 0 amide bonds. The Labute approximate surface area is 74.8 Å². The van der Waals surface area contributed by atoms with Crippen LogP contribution in [0.4, 0.5) is 0 Å². The lowest BCUT2D eigenvalue weighted by Gasteiger charge is -2.08. The highest BCUT2D eigenvalue weighted by Crippen LogP contribution is 2.13. The normalized spacial score (nSPS) is 10.2. The first kappa shape index (κ1) is 9.24. The topological polar surface area (TPSA) is 12.9 Å². The molecular formula is C11H17N. The second kappa shape index (κ2) is 4.24. The average Bonchev–Trinajstić information content (AvgIpc) is 2.09. The van der Waals surface area contributed by atoms with Crippen molar-refractivity contribution in [3.8, 4) is 0 Å². The van der Waals surface area contributed by atoms with E-state index in [0.29, 0.717) is 0 Å². The van der Waals surface area contributed by atoms with E-state index in [1.54, 1.807) is 0 Å². The zero-order chi connectivity index (χ0) is 8.97. The van der Waals surface area contributed by atoms with Crippen molar-refractivity contribution < 1.29 is 0 Å². The molecule has 0 aliphatic heterocycles. The number of hydrogen-bond acceptors (Lipinski definition) is 1. The molecule has 1 rings (SSSR count). The van der Waals surface area contributed by atoms with Crippen molar-refractivity contribution in [1.82, 2.24) is 4.98 Å². The summed E-state index contributed by atoms with van der Waals surface area (Å²) in [5.74, 6) is 0. The molecule has 12 heavy (non-hydrogen) atoms. The fourth-order valence-corrected chi connectivity index (χ4v) is 1.54. The van der Waals surface area contributed by atoms with E-state index in [2.05, 4.69) is 31.8 Å². The van der Waals surface area contributed by atoms with Crippen LogP contribution in [0, 0.1) is 6.92 Å². The number of nitrogens with zero attached hydrogens (tertiary/aromatic N) is 1. The molecule has 0 atom stereocenters. The molecule has 0 saturated heterocycles. The van der Waals surface area contributed by atoms with E-state index >= 15 is 0 Å². The van der Waals surface area contributed by atoms with E-state index in [9.17, 15) is 0 Å². The molecule has 0 bridgehead atoms. The summed E-state index contributed by atoms with van der Waals surface area (Å²) in [6, 6.07) is 2.10. The largest absolute Gasteiger partial charge is 0.261 e. The van der Waals surface area contributed by atoms with Crippen LogP contribution < -0.4 is 0 Å². The summed E-state index contributed by atoms with van der Waals surface area (Å²) in [7, 11) is 0. The lowest BCUT2D eigenvalue weighted by molar-refractivity contribution is 0.865. The summed E-state index contributed by atoms with van der Waals surface area (Å²) in [5.41, 5.74) is 4.13. The van der Waals surface area contributed by atoms with Crippen LogP contribution in [0.2, 0.25) is 0 Å². The van der Waals surface area contributed by atoms with Gasteiger partial charge in [-0.25, -0.2) is 0 Å². The van der Waals surface area contributed by atoms with Crippen LogP contribution in [0.1, 0.15) is 37.1 Å². The van der Waals surface area contributed by atoms with Crippen molar-refractivity contribution in [2.24, 2.45) is 0 Å². The molecule has 1 heterocycles. The first-order valence-corrected chi connectivity index (χ1v) is 4.73. The lowest BCUT2D eigenvalue weighted by atomic mass is 10.0. The van der Waals surface area contributed by atoms with E-state index in [1.165, 1.54) is 29.7 Å². The zero-order valence-electron chi connectivity index (χ0n) is 8.22. The quantitative estimate of drug-likeness (QED) is 0.667. The van der Waals surface area contributed by atoms with Gasteiger partial charge in [0, 0.05) is 11.9 Å². The van der Waals surface area contributed by atoms with Gasteiger partial charge in [-0.3, -0.25) is 4.98 Å². The summed E-state index contributed by atoms with van der Waals surface area (Å²) >= 11 is 0. The van der Waals surface area contributed by atoms with E-state index in [0.717, 1.165) is 6.42 Å². The Hall–Kier alpha value is -0.850. The van der Waals surface area contributed by atoms with Gasteiger partial charge in [-0.05, 0) is 37.0 Å². The molecule has 1 aromatic heterocycles. The van der Waals surface area contributed by atoms with Gasteiger partial charge in [0.1, 0.15) is 0 Å². The van der Waals surface area contributed by atoms with Gasteiger partial charge in [0.2, 0.25) is 0 Å². The van der Waals surface area contributed by atoms with Gasteiger partial charge in [-0.2, -0.15) is 0 Å². The van der Waals surface area contributed by atoms with Gasteiger partial charge in [-0.15, -0.1) is 0 Å². The van der Waals surface area contributed by atoms with Crippen molar-refractivity contribution in [2.75, 3.05) is 0 Å². The monoisotopic (exact) mass is 163 g/mol. The Morgan fingerprint density at radius 2 is 2.08 bits per heavy atom. The predicted octanol–water partition coefficient (Wildman–Crippen LogP) is 2.90. The van der Waals surface area contributed by atoms with E-state index in [4.69, 9.17) is 0 Å². The summed E-state index contributed by atoms with van der Waals surface area (Å²) in [5, 5.41) is 0. The lowest BCUT2D eigenvalue weighted by Crippen LogP contribution is -1.98. The van der Waals surface area contributed by atoms with Gasteiger partial charge in [0.15, 0.2) is 0 Å². The molecule has 1 nitrogen and oxygen atoms in total. The molecule has 0 fully saturated rings. The van der Waals surface area contributed by atoms with E-state index < -0.39 is 0 Å². The standard InChI is InChI=1S/C11H17N/c1-4-6-10-9(3)7-8-12-11(10)5-2/h7-8H,4-6H2,1-3H3. The predicted molar refractivity (Wildman–Crippen MR) is 52.3 cm³/mol. The van der Waals surface area contributed by atoms with E-state index in [1.807, 2.05) is 6.20 Å². The molecule has 1 aromatic rings. The van der Waals surface area contributed by atoms with Crippen molar-refractivity contribution in [3.05, 3.63) is 29.1 Å². The molecule has 0 radical (unpaired) electrons. The Morgan fingerprint density at radius 3 is 2.67 bits per heavy atom. The van der Waals surface area contributed by atoms with Crippen molar-refractivity contribution in [3.63, 3.8) is 0 Å². The Balaban J connectivity index is 3.02. The molecule has 0 aliphatic carbocycles. The minimum atomic E-state index is 1.05. The fraction of sp³-hybridized carbons (Fsp3) is 0.545. The van der Waals surface area contributed by atoms with Gasteiger partial charge in [-0.1, -0.05) is 20.3 Å². The molecule has 0 aromatic carbocycles. The number of aryl methyl sites for hydroxylation is 2. The highest BCUT2D eigenvalue weighted by atomic mass is 14.7. The Kier molecular flexibility index (Phi) is 3.27. The molecule has 0 saturated carbocycles. The number of rotatable bonds is 3. The molecule has 1 heteroatoms. The van der Waals surface area contributed by atoms with Gasteiger partial charge < -0.3 is 0 Å². The van der Waals surface area contributed by atoms with Crippen LogP contribution in [0.5, 0.6) is 0 Å². The van der Waals surface area contributed by atoms with Crippen LogP contribution in [-0.4, -0.2) is 4.98 Å². The zero-order valence-corrected chi connectivity index (χ0v) is 8.22. The third kappa shape index (κ3) is 1.84. The summed E-state index contributed by atoms with van der Waals surface area (Å²) < 4.78 is 0. The molecule has 0 N–H and O–H groups in total. The molecular weight excluding hydrogens is 146 g/mol. The Bertz CT molecular complexity index is 253. The van der Waals surface area contributed by atoms with E-state index in [-0.39, 0.29) is 0 Å². The minimum Gasteiger partial charge on any atom is -0.261 e. The fourth-order valence-electron chi connectivity index (χ4n) is 1.54. The minimum absolute atomic E-state index is 1.05. The smallest absolute Gasteiger partial charge is 0.0435 e. The van der Waals surface area contributed by atoms with Crippen molar-refractivity contribution >= 4 is 0 Å². The van der Waals surface area contributed by atoms with Crippen molar-refractivity contribution in [1.29, 1.82) is 0 Å². The van der Waals surface area contributed by atoms with Gasteiger partial charge in [0.05, 0.1) is 0 Å². The van der Waals surface area contributed by atoms with Crippen LogP contribution >= 0.6 is 0 Å². The highest BCUT2D eigenvalue weighted by molar-refractivity contribution is 5.28. The molecule has 0 unspecified atom stereocenters. The van der Waals surface area contributed by atoms with Crippen LogP contribution in [0.15, 0.2) is 12.3 Å². The summed E-state index contributed by atoms with van der Waals surface area (Å²) in [6.45, 7) is 6.55. The summed E-state index contributed by atoms with van der Waals surface area (Å²) in [4.78, 5) is 4.38. The first-order chi connectivity index (χ1) is 5.79. The molecule has 0 spiro atoms. The maximum absolute atomic E-state index is 4.38.